The Morgan fingerprint density at radius 2 is 1.76 bits per heavy atom. The van der Waals surface area contributed by atoms with Crippen LogP contribution in [0.15, 0.2) is 53.3 Å². The van der Waals surface area contributed by atoms with Gasteiger partial charge in [-0.05, 0) is 42.3 Å². The number of alkyl halides is 4. The molecule has 0 amide bonds. The predicted octanol–water partition coefficient (Wildman–Crippen LogP) is 4.82. The first-order valence-corrected chi connectivity index (χ1v) is 10.1. The van der Waals surface area contributed by atoms with Gasteiger partial charge in [0.1, 0.15) is 29.3 Å². The van der Waals surface area contributed by atoms with E-state index in [1.165, 1.54) is 16.8 Å². The average Bonchev–Trinajstić information content (AvgIpc) is 3.18. The molecule has 4 aromatic rings. The van der Waals surface area contributed by atoms with E-state index in [2.05, 4.69) is 15.1 Å². The number of benzene rings is 2. The van der Waals surface area contributed by atoms with Crippen molar-refractivity contribution in [3.05, 3.63) is 87.1 Å². The maximum Gasteiger partial charge on any atom is 0.416 e. The van der Waals surface area contributed by atoms with Crippen molar-refractivity contribution in [2.45, 2.75) is 32.2 Å². The molecule has 2 aromatic heterocycles. The van der Waals surface area contributed by atoms with Crippen LogP contribution in [-0.4, -0.2) is 26.9 Å². The summed E-state index contributed by atoms with van der Waals surface area (Å²) in [5, 5.41) is 4.23. The molecule has 172 valence electrons. The zero-order chi connectivity index (χ0) is 23.8. The number of rotatable bonds is 6. The monoisotopic (exact) mass is 460 g/mol. The fourth-order valence-corrected chi connectivity index (χ4v) is 3.64. The molecule has 2 heterocycles. The standard InChI is InChI=1S/C23H20F4N4O2/c1-13(15-5-7-16(8-6-15)23(25,26)27)31-21-20(18(12-24)30-31)22(32)29-19(28-21)11-14-3-9-17(33-2)10-4-14/h3-10,13H,11-12H2,1-2H3,(H,28,29,32)/t13-/m1/s1. The maximum absolute atomic E-state index is 13.6. The predicted molar refractivity (Wildman–Crippen MR) is 114 cm³/mol. The van der Waals surface area contributed by atoms with E-state index in [1.54, 1.807) is 26.2 Å². The van der Waals surface area contributed by atoms with E-state index in [0.29, 0.717) is 23.6 Å². The second-order valence-corrected chi connectivity index (χ2v) is 7.56. The van der Waals surface area contributed by atoms with Crippen molar-refractivity contribution >= 4 is 11.0 Å². The Hall–Kier alpha value is -3.69. The molecule has 0 saturated heterocycles. The van der Waals surface area contributed by atoms with E-state index >= 15 is 0 Å². The van der Waals surface area contributed by atoms with Crippen molar-refractivity contribution in [3.63, 3.8) is 0 Å². The van der Waals surface area contributed by atoms with Crippen LogP contribution in [0.1, 0.15) is 41.2 Å². The van der Waals surface area contributed by atoms with Crippen molar-refractivity contribution in [1.82, 2.24) is 19.7 Å². The summed E-state index contributed by atoms with van der Waals surface area (Å²) in [6.07, 6.45) is -4.15. The van der Waals surface area contributed by atoms with Gasteiger partial charge in [-0.25, -0.2) is 14.1 Å². The number of H-pyrrole nitrogens is 1. The van der Waals surface area contributed by atoms with Gasteiger partial charge >= 0.3 is 6.18 Å². The molecule has 0 aliphatic carbocycles. The summed E-state index contributed by atoms with van der Waals surface area (Å²) >= 11 is 0. The van der Waals surface area contributed by atoms with Gasteiger partial charge in [-0.15, -0.1) is 0 Å². The quantitative estimate of drug-likeness (QED) is 0.419. The van der Waals surface area contributed by atoms with Crippen LogP contribution in [0, 0.1) is 0 Å². The lowest BCUT2D eigenvalue weighted by Gasteiger charge is -2.15. The van der Waals surface area contributed by atoms with Gasteiger partial charge in [-0.1, -0.05) is 24.3 Å². The molecule has 33 heavy (non-hydrogen) atoms. The maximum atomic E-state index is 13.6. The fraction of sp³-hybridized carbons (Fsp3) is 0.261. The molecule has 10 heteroatoms. The third kappa shape index (κ3) is 4.46. The lowest BCUT2D eigenvalue weighted by Crippen LogP contribution is -2.15. The highest BCUT2D eigenvalue weighted by atomic mass is 19.4. The minimum absolute atomic E-state index is 0.0229. The van der Waals surface area contributed by atoms with Crippen molar-refractivity contribution < 1.29 is 22.3 Å². The van der Waals surface area contributed by atoms with Crippen LogP contribution >= 0.6 is 0 Å². The molecule has 0 aliphatic heterocycles. The molecule has 0 spiro atoms. The molecule has 0 saturated carbocycles. The minimum Gasteiger partial charge on any atom is -0.497 e. The first-order valence-electron chi connectivity index (χ1n) is 10.1. The Morgan fingerprint density at radius 3 is 2.33 bits per heavy atom. The third-order valence-corrected chi connectivity index (χ3v) is 5.43. The van der Waals surface area contributed by atoms with Gasteiger partial charge in [0.25, 0.3) is 5.56 Å². The highest BCUT2D eigenvalue weighted by Gasteiger charge is 2.30. The van der Waals surface area contributed by atoms with Crippen LogP contribution in [0.25, 0.3) is 11.0 Å². The molecule has 0 aliphatic rings. The number of aromatic amines is 1. The number of hydrogen-bond donors (Lipinski definition) is 1. The Labute approximate surface area is 185 Å². The van der Waals surface area contributed by atoms with E-state index < -0.39 is 30.0 Å². The molecular formula is C23H20F4N4O2. The number of methoxy groups -OCH3 is 1. The van der Waals surface area contributed by atoms with Crippen LogP contribution in [0.5, 0.6) is 5.75 Å². The van der Waals surface area contributed by atoms with Gasteiger partial charge in [0.05, 0.1) is 18.7 Å². The van der Waals surface area contributed by atoms with Crippen LogP contribution in [-0.2, 0) is 19.3 Å². The molecule has 1 atom stereocenters. The molecule has 1 N–H and O–H groups in total. The van der Waals surface area contributed by atoms with E-state index in [0.717, 1.165) is 17.7 Å². The van der Waals surface area contributed by atoms with E-state index in [-0.39, 0.29) is 16.7 Å². The summed E-state index contributed by atoms with van der Waals surface area (Å²) in [5.74, 6) is 1.04. The number of nitrogens with zero attached hydrogens (tertiary/aromatic N) is 3. The number of halogens is 4. The van der Waals surface area contributed by atoms with Crippen LogP contribution in [0.3, 0.4) is 0 Å². The second-order valence-electron chi connectivity index (χ2n) is 7.56. The molecule has 0 unspecified atom stereocenters. The zero-order valence-electron chi connectivity index (χ0n) is 17.8. The summed E-state index contributed by atoms with van der Waals surface area (Å²) in [6, 6.07) is 11.3. The van der Waals surface area contributed by atoms with Gasteiger partial charge in [-0.2, -0.15) is 18.3 Å². The van der Waals surface area contributed by atoms with Crippen molar-refractivity contribution in [2.24, 2.45) is 0 Å². The third-order valence-electron chi connectivity index (χ3n) is 5.43. The van der Waals surface area contributed by atoms with E-state index in [4.69, 9.17) is 4.74 Å². The van der Waals surface area contributed by atoms with E-state index in [9.17, 15) is 22.4 Å². The number of ether oxygens (including phenoxy) is 1. The lowest BCUT2D eigenvalue weighted by atomic mass is 10.1. The van der Waals surface area contributed by atoms with Crippen LogP contribution in [0.2, 0.25) is 0 Å². The summed E-state index contributed by atoms with van der Waals surface area (Å²) in [6.45, 7) is 0.717. The normalized spacial score (nSPS) is 12.8. The number of nitrogens with one attached hydrogen (secondary N) is 1. The van der Waals surface area contributed by atoms with Gasteiger partial charge < -0.3 is 9.72 Å². The molecule has 0 fully saturated rings. The van der Waals surface area contributed by atoms with Crippen LogP contribution < -0.4 is 10.3 Å². The number of hydrogen-bond acceptors (Lipinski definition) is 4. The SMILES string of the molecule is COc1ccc(Cc2nc3c(c(CF)nn3[C@H](C)c3ccc(C(F)(F)F)cc3)c(=O)[nH]2)cc1. The number of fused-ring (bicyclic) bond motifs is 1. The second kappa shape index (κ2) is 8.68. The zero-order valence-corrected chi connectivity index (χ0v) is 17.8. The summed E-state index contributed by atoms with van der Waals surface area (Å²) in [5.41, 5.74) is 0.171. The van der Waals surface area contributed by atoms with Crippen molar-refractivity contribution in [2.75, 3.05) is 7.11 Å². The lowest BCUT2D eigenvalue weighted by molar-refractivity contribution is -0.137. The van der Waals surface area contributed by atoms with Gasteiger partial charge in [0.2, 0.25) is 0 Å². The molecule has 2 aromatic carbocycles. The fourth-order valence-electron chi connectivity index (χ4n) is 3.64. The Morgan fingerprint density at radius 1 is 1.09 bits per heavy atom. The van der Waals surface area contributed by atoms with Crippen molar-refractivity contribution in [1.29, 1.82) is 0 Å². The molecule has 6 nitrogen and oxygen atoms in total. The molecule has 0 radical (unpaired) electrons. The van der Waals surface area contributed by atoms with Gasteiger partial charge in [0, 0.05) is 6.42 Å². The van der Waals surface area contributed by atoms with Gasteiger partial charge in [0.15, 0.2) is 5.65 Å². The van der Waals surface area contributed by atoms with Gasteiger partial charge in [-0.3, -0.25) is 4.79 Å². The largest absolute Gasteiger partial charge is 0.497 e. The molecule has 4 rings (SSSR count). The highest BCUT2D eigenvalue weighted by Crippen LogP contribution is 2.31. The topological polar surface area (TPSA) is 72.8 Å². The summed E-state index contributed by atoms with van der Waals surface area (Å²) in [4.78, 5) is 19.9. The van der Waals surface area contributed by atoms with E-state index in [1.807, 2.05) is 12.1 Å². The molecule has 0 bridgehead atoms. The summed E-state index contributed by atoms with van der Waals surface area (Å²) < 4.78 is 58.8. The Bertz CT molecular complexity index is 1330. The first-order chi connectivity index (χ1) is 15.7. The average molecular weight is 460 g/mol. The highest BCUT2D eigenvalue weighted by molar-refractivity contribution is 5.77. The Kier molecular flexibility index (Phi) is 5.92. The smallest absolute Gasteiger partial charge is 0.416 e. The first kappa shape index (κ1) is 22.5. The minimum atomic E-state index is -4.45. The Balaban J connectivity index is 1.75. The number of aromatic nitrogens is 4. The molecular weight excluding hydrogens is 440 g/mol. The summed E-state index contributed by atoms with van der Waals surface area (Å²) in [7, 11) is 1.56. The van der Waals surface area contributed by atoms with Crippen molar-refractivity contribution in [3.8, 4) is 5.75 Å². The van der Waals surface area contributed by atoms with Crippen LogP contribution in [0.4, 0.5) is 17.6 Å².